The molecule has 0 saturated carbocycles. The monoisotopic (exact) mass is 637 g/mol. The number of rotatable bonds is 10. The van der Waals surface area contributed by atoms with Gasteiger partial charge >= 0.3 is 0 Å². The summed E-state index contributed by atoms with van der Waals surface area (Å²) in [4.78, 5) is 27.1. The minimum absolute atomic E-state index is 0.113. The third-order valence-electron chi connectivity index (χ3n) is 6.16. The number of para-hydroxylation sites is 1. The molecule has 0 spiro atoms. The van der Waals surface area contributed by atoms with Crippen molar-refractivity contribution in [3.05, 3.63) is 104 Å². The van der Waals surface area contributed by atoms with Gasteiger partial charge in [0.05, 0.1) is 27.6 Å². The average molecular weight is 639 g/mol. The van der Waals surface area contributed by atoms with Crippen LogP contribution in [0.2, 0.25) is 5.02 Å². The summed E-state index contributed by atoms with van der Waals surface area (Å²) in [6.07, 6.45) is 1.68. The molecule has 5 rings (SSSR count). The summed E-state index contributed by atoms with van der Waals surface area (Å²) in [5.41, 5.74) is 1.76. The van der Waals surface area contributed by atoms with Gasteiger partial charge in [-0.25, -0.2) is 0 Å². The smallest absolute Gasteiger partial charge is 0.293 e. The summed E-state index contributed by atoms with van der Waals surface area (Å²) < 4.78 is 18.5. The Morgan fingerprint density at radius 2 is 1.70 bits per heavy atom. The van der Waals surface area contributed by atoms with Crippen LogP contribution in [0, 0.1) is 0 Å². The zero-order valence-corrected chi connectivity index (χ0v) is 24.7. The zero-order chi connectivity index (χ0) is 28.1. The summed E-state index contributed by atoms with van der Waals surface area (Å²) in [6.45, 7) is 2.93. The van der Waals surface area contributed by atoms with Crippen molar-refractivity contribution in [2.75, 3.05) is 19.8 Å². The minimum Gasteiger partial charge on any atom is -0.490 e. The van der Waals surface area contributed by atoms with E-state index < -0.39 is 0 Å². The van der Waals surface area contributed by atoms with E-state index in [-0.39, 0.29) is 24.3 Å². The van der Waals surface area contributed by atoms with E-state index in [9.17, 15) is 9.59 Å². The van der Waals surface area contributed by atoms with Crippen LogP contribution in [0.4, 0.5) is 4.79 Å². The van der Waals surface area contributed by atoms with Crippen molar-refractivity contribution in [3.63, 3.8) is 0 Å². The molecule has 6 nitrogen and oxygen atoms in total. The Labute approximate surface area is 250 Å². The van der Waals surface area contributed by atoms with E-state index in [1.54, 1.807) is 36.4 Å². The van der Waals surface area contributed by atoms with Crippen LogP contribution in [0.15, 0.2) is 88.2 Å². The Kier molecular flexibility index (Phi) is 8.99. The minimum atomic E-state index is -0.372. The van der Waals surface area contributed by atoms with Gasteiger partial charge in [0.15, 0.2) is 11.5 Å². The van der Waals surface area contributed by atoms with E-state index in [1.807, 2.05) is 37.3 Å². The highest BCUT2D eigenvalue weighted by Crippen LogP contribution is 2.40. The lowest BCUT2D eigenvalue weighted by molar-refractivity contribution is -0.123. The Morgan fingerprint density at radius 3 is 2.52 bits per heavy atom. The van der Waals surface area contributed by atoms with Crippen LogP contribution < -0.4 is 14.2 Å². The lowest BCUT2D eigenvalue weighted by Gasteiger charge is -2.16. The molecule has 0 N–H and O–H groups in total. The van der Waals surface area contributed by atoms with Crippen LogP contribution in [0.3, 0.4) is 0 Å². The Balaban J connectivity index is 1.31. The molecule has 0 bridgehead atoms. The van der Waals surface area contributed by atoms with Crippen molar-refractivity contribution in [2.45, 2.75) is 13.5 Å². The van der Waals surface area contributed by atoms with Crippen molar-refractivity contribution in [1.82, 2.24) is 4.90 Å². The number of carbonyl (C=O) groups excluding carboxylic acids is 2. The van der Waals surface area contributed by atoms with Gasteiger partial charge < -0.3 is 14.2 Å². The van der Waals surface area contributed by atoms with Gasteiger partial charge in [0, 0.05) is 0 Å². The molecule has 4 aromatic carbocycles. The molecule has 1 saturated heterocycles. The summed E-state index contributed by atoms with van der Waals surface area (Å²) in [5, 5.41) is 2.39. The summed E-state index contributed by atoms with van der Waals surface area (Å²) in [5.74, 6) is 1.23. The summed E-state index contributed by atoms with van der Waals surface area (Å²) in [6, 6.07) is 25.0. The first-order chi connectivity index (χ1) is 19.4. The maximum atomic E-state index is 13.0. The van der Waals surface area contributed by atoms with Gasteiger partial charge in [-0.05, 0) is 86.9 Å². The van der Waals surface area contributed by atoms with E-state index in [0.717, 1.165) is 28.1 Å². The van der Waals surface area contributed by atoms with E-state index in [4.69, 9.17) is 25.8 Å². The normalized spacial score (nSPS) is 14.3. The molecule has 2 amide bonds. The highest BCUT2D eigenvalue weighted by molar-refractivity contribution is 9.10. The maximum Gasteiger partial charge on any atom is 0.293 e. The number of imide groups is 1. The third kappa shape index (κ3) is 6.30. The average Bonchev–Trinajstić information content (AvgIpc) is 3.21. The fraction of sp³-hybridized carbons (Fsp3) is 0.161. The number of benzene rings is 4. The lowest BCUT2D eigenvalue weighted by atomic mass is 10.1. The summed E-state index contributed by atoms with van der Waals surface area (Å²) >= 11 is 10.6. The van der Waals surface area contributed by atoms with Crippen LogP contribution in [0.1, 0.15) is 18.1 Å². The second-order valence-corrected chi connectivity index (χ2v) is 11.1. The number of thioether (sulfide) groups is 1. The molecule has 0 atom stereocenters. The maximum absolute atomic E-state index is 13.0. The van der Waals surface area contributed by atoms with E-state index in [0.29, 0.717) is 50.4 Å². The van der Waals surface area contributed by atoms with Crippen molar-refractivity contribution in [3.8, 4) is 17.2 Å². The molecule has 204 valence electrons. The lowest BCUT2D eigenvalue weighted by Crippen LogP contribution is -2.32. The number of halogens is 2. The largest absolute Gasteiger partial charge is 0.490 e. The molecule has 9 heteroatoms. The molecule has 1 aliphatic heterocycles. The van der Waals surface area contributed by atoms with Gasteiger partial charge in [0.25, 0.3) is 11.1 Å². The van der Waals surface area contributed by atoms with Crippen molar-refractivity contribution in [1.29, 1.82) is 0 Å². The fourth-order valence-electron chi connectivity index (χ4n) is 4.30. The number of hydrogen-bond acceptors (Lipinski definition) is 6. The summed E-state index contributed by atoms with van der Waals surface area (Å²) in [7, 11) is 0. The molecule has 0 aliphatic carbocycles. The highest BCUT2D eigenvalue weighted by atomic mass is 79.9. The Hall–Kier alpha value is -3.46. The van der Waals surface area contributed by atoms with Crippen molar-refractivity contribution in [2.24, 2.45) is 0 Å². The molecule has 0 unspecified atom stereocenters. The molecule has 1 heterocycles. The van der Waals surface area contributed by atoms with E-state index in [2.05, 4.69) is 34.1 Å². The van der Waals surface area contributed by atoms with Crippen LogP contribution in [-0.4, -0.2) is 35.8 Å². The van der Waals surface area contributed by atoms with E-state index >= 15 is 0 Å². The standard InChI is InChI=1S/C31H25BrClNO5S/c1-2-37-27-17-20(16-24(32)29(27)39-19-22-10-7-9-21-8-3-4-11-23(21)22)18-28-30(35)34(31(36)40-28)14-15-38-26-13-6-5-12-25(26)33/h3-13,16-18H,2,14-15,19H2,1H3/b28-18-. The number of hydrogen-bond donors (Lipinski definition) is 0. The fourth-order valence-corrected chi connectivity index (χ4v) is 5.92. The van der Waals surface area contributed by atoms with Crippen LogP contribution in [-0.2, 0) is 11.4 Å². The molecular weight excluding hydrogens is 614 g/mol. The van der Waals surface area contributed by atoms with Crippen molar-refractivity contribution < 1.29 is 23.8 Å². The van der Waals surface area contributed by atoms with Gasteiger partial charge in [-0.15, -0.1) is 0 Å². The first kappa shape index (κ1) is 28.1. The van der Waals surface area contributed by atoms with Crippen LogP contribution in [0.25, 0.3) is 16.8 Å². The van der Waals surface area contributed by atoms with Crippen molar-refractivity contribution >= 4 is 67.3 Å². The predicted octanol–water partition coefficient (Wildman–Crippen LogP) is 8.35. The topological polar surface area (TPSA) is 65.1 Å². The molecular formula is C31H25BrClNO5S. The van der Waals surface area contributed by atoms with Gasteiger partial charge in [-0.1, -0.05) is 66.2 Å². The molecule has 40 heavy (non-hydrogen) atoms. The molecule has 1 aliphatic rings. The van der Waals surface area contributed by atoms with E-state index in [1.165, 1.54) is 4.90 Å². The zero-order valence-electron chi connectivity index (χ0n) is 21.6. The molecule has 0 radical (unpaired) electrons. The number of ether oxygens (including phenoxy) is 3. The Morgan fingerprint density at radius 1 is 0.925 bits per heavy atom. The second kappa shape index (κ2) is 12.8. The van der Waals surface area contributed by atoms with Gasteiger partial charge in [-0.2, -0.15) is 0 Å². The predicted molar refractivity (Wildman–Crippen MR) is 163 cm³/mol. The molecule has 1 fully saturated rings. The first-order valence-corrected chi connectivity index (χ1v) is 14.6. The van der Waals surface area contributed by atoms with Crippen LogP contribution in [0.5, 0.6) is 17.2 Å². The number of nitrogens with zero attached hydrogens (tertiary/aromatic N) is 1. The van der Waals surface area contributed by atoms with Gasteiger partial charge in [-0.3, -0.25) is 14.5 Å². The quantitative estimate of drug-likeness (QED) is 0.163. The molecule has 4 aromatic rings. The second-order valence-electron chi connectivity index (χ2n) is 8.80. The molecule has 0 aromatic heterocycles. The number of amides is 2. The Bertz CT molecular complexity index is 1600. The third-order valence-corrected chi connectivity index (χ3v) is 7.97. The number of fused-ring (bicyclic) bond motifs is 1. The number of carbonyl (C=O) groups is 2. The van der Waals surface area contributed by atoms with Gasteiger partial charge in [0.1, 0.15) is 19.0 Å². The first-order valence-electron chi connectivity index (χ1n) is 12.6. The van der Waals surface area contributed by atoms with Gasteiger partial charge in [0.2, 0.25) is 0 Å². The highest BCUT2D eigenvalue weighted by Gasteiger charge is 2.35. The van der Waals surface area contributed by atoms with Crippen LogP contribution >= 0.6 is 39.3 Å². The SMILES string of the molecule is CCOc1cc(/C=C2\SC(=O)N(CCOc3ccccc3Cl)C2=O)cc(Br)c1OCc1cccc2ccccc12.